The predicted molar refractivity (Wildman–Crippen MR) is 135 cm³/mol. The average molecular weight is 459 g/mol. The van der Waals surface area contributed by atoms with Crippen LogP contribution in [0.3, 0.4) is 0 Å². The summed E-state index contributed by atoms with van der Waals surface area (Å²) in [4.78, 5) is 30.4. The highest BCUT2D eigenvalue weighted by atomic mass is 16.5. The highest BCUT2D eigenvalue weighted by Crippen LogP contribution is 2.36. The molecule has 2 amide bonds. The molecule has 5 rings (SSSR count). The van der Waals surface area contributed by atoms with Crippen LogP contribution in [-0.4, -0.2) is 49.8 Å². The Morgan fingerprint density at radius 2 is 1.76 bits per heavy atom. The Labute approximate surface area is 199 Å². The standard InChI is InChI=1S/C27H30N4O3/c1-29(2)21-10-8-19(9-11-21)22-12-13-24-20-14-18(16-31(24)26(22)32)15-30(17-20)27(33)28-23-6-4-5-7-25(23)34-3/h4-13,18,20H,14-17H2,1-3H3,(H,28,33)/t18-,20+/m0/s1. The van der Waals surface area contributed by atoms with Crippen LogP contribution in [0.5, 0.6) is 5.75 Å². The zero-order chi connectivity index (χ0) is 23.8. The van der Waals surface area contributed by atoms with E-state index in [1.165, 1.54) is 0 Å². The van der Waals surface area contributed by atoms with E-state index in [4.69, 9.17) is 4.74 Å². The first-order chi connectivity index (χ1) is 16.4. The van der Waals surface area contributed by atoms with Gasteiger partial charge < -0.3 is 24.4 Å². The van der Waals surface area contributed by atoms with Gasteiger partial charge in [-0.1, -0.05) is 24.3 Å². The number of rotatable bonds is 4. The molecule has 1 N–H and O–H groups in total. The Kier molecular flexibility index (Phi) is 5.77. The third kappa shape index (κ3) is 4.02. The van der Waals surface area contributed by atoms with Gasteiger partial charge in [0.2, 0.25) is 0 Å². The smallest absolute Gasteiger partial charge is 0.321 e. The summed E-state index contributed by atoms with van der Waals surface area (Å²) in [5, 5.41) is 2.99. The number of nitrogens with zero attached hydrogens (tertiary/aromatic N) is 3. The molecule has 0 spiro atoms. The number of pyridine rings is 1. The Bertz CT molecular complexity index is 1270. The monoisotopic (exact) mass is 458 g/mol. The van der Waals surface area contributed by atoms with Gasteiger partial charge in [0.1, 0.15) is 5.75 Å². The molecular weight excluding hydrogens is 428 g/mol. The van der Waals surface area contributed by atoms with E-state index in [0.29, 0.717) is 31.1 Å². The summed E-state index contributed by atoms with van der Waals surface area (Å²) in [5.74, 6) is 1.03. The summed E-state index contributed by atoms with van der Waals surface area (Å²) in [5.41, 5.74) is 4.48. The molecule has 2 aliphatic heterocycles. The van der Waals surface area contributed by atoms with E-state index in [2.05, 4.69) is 11.4 Å². The lowest BCUT2D eigenvalue weighted by Gasteiger charge is -2.42. The van der Waals surface area contributed by atoms with Crippen LogP contribution in [-0.2, 0) is 6.54 Å². The van der Waals surface area contributed by atoms with Crippen molar-refractivity contribution in [2.75, 3.05) is 44.5 Å². The number of benzene rings is 2. The van der Waals surface area contributed by atoms with Crippen molar-refractivity contribution in [3.8, 4) is 16.9 Å². The van der Waals surface area contributed by atoms with E-state index in [1.54, 1.807) is 7.11 Å². The largest absolute Gasteiger partial charge is 0.495 e. The van der Waals surface area contributed by atoms with Crippen molar-refractivity contribution < 1.29 is 9.53 Å². The maximum absolute atomic E-state index is 13.4. The van der Waals surface area contributed by atoms with Crippen LogP contribution < -0.4 is 20.5 Å². The number of hydrogen-bond donors (Lipinski definition) is 1. The molecule has 3 aromatic rings. The van der Waals surface area contributed by atoms with Crippen molar-refractivity contribution in [3.05, 3.63) is 76.7 Å². The molecule has 2 aromatic carbocycles. The second-order valence-electron chi connectivity index (χ2n) is 9.36. The van der Waals surface area contributed by atoms with Gasteiger partial charge in [0.15, 0.2) is 0 Å². The first-order valence-corrected chi connectivity index (χ1v) is 11.6. The molecule has 34 heavy (non-hydrogen) atoms. The van der Waals surface area contributed by atoms with Crippen molar-refractivity contribution in [2.45, 2.75) is 18.9 Å². The van der Waals surface area contributed by atoms with Gasteiger partial charge in [-0.3, -0.25) is 4.79 Å². The second kappa shape index (κ2) is 8.89. The minimum absolute atomic E-state index is 0.0525. The number of amides is 2. The van der Waals surface area contributed by atoms with E-state index >= 15 is 0 Å². The summed E-state index contributed by atoms with van der Waals surface area (Å²) in [6.07, 6.45) is 0.995. The van der Waals surface area contributed by atoms with Crippen molar-refractivity contribution >= 4 is 17.4 Å². The Hall–Kier alpha value is -3.74. The van der Waals surface area contributed by atoms with Crippen LogP contribution in [0.15, 0.2) is 65.5 Å². The predicted octanol–water partition coefficient (Wildman–Crippen LogP) is 4.24. The first kappa shape index (κ1) is 22.1. The number of nitrogens with one attached hydrogen (secondary N) is 1. The van der Waals surface area contributed by atoms with E-state index in [9.17, 15) is 9.59 Å². The fraction of sp³-hybridized carbons (Fsp3) is 0.333. The number of hydrogen-bond acceptors (Lipinski definition) is 4. The van der Waals surface area contributed by atoms with E-state index in [0.717, 1.165) is 28.9 Å². The number of carbonyl (C=O) groups excluding carboxylic acids is 1. The Morgan fingerprint density at radius 1 is 1.00 bits per heavy atom. The lowest BCUT2D eigenvalue weighted by Crippen LogP contribution is -2.50. The van der Waals surface area contributed by atoms with E-state index < -0.39 is 0 Å². The lowest BCUT2D eigenvalue weighted by molar-refractivity contribution is 0.139. The van der Waals surface area contributed by atoms with Crippen LogP contribution in [0, 0.1) is 5.92 Å². The van der Waals surface area contributed by atoms with Crippen LogP contribution in [0.1, 0.15) is 18.0 Å². The molecule has 2 aliphatic rings. The SMILES string of the molecule is COc1ccccc1NC(=O)N1C[C@@H]2C[C@H](C1)c1ccc(-c3ccc(N(C)C)cc3)c(=O)n1C2. The van der Waals surface area contributed by atoms with E-state index in [-0.39, 0.29) is 23.4 Å². The van der Waals surface area contributed by atoms with Gasteiger partial charge in [0, 0.05) is 56.6 Å². The fourth-order valence-electron chi connectivity index (χ4n) is 5.21. The molecule has 1 aromatic heterocycles. The minimum Gasteiger partial charge on any atom is -0.495 e. The number of methoxy groups -OCH3 is 1. The molecule has 0 aliphatic carbocycles. The zero-order valence-corrected chi connectivity index (χ0v) is 19.8. The van der Waals surface area contributed by atoms with Crippen LogP contribution >= 0.6 is 0 Å². The van der Waals surface area contributed by atoms with Gasteiger partial charge in [0.05, 0.1) is 12.8 Å². The van der Waals surface area contributed by atoms with Crippen molar-refractivity contribution in [3.63, 3.8) is 0 Å². The van der Waals surface area contributed by atoms with Gasteiger partial charge in [-0.05, 0) is 54.3 Å². The highest BCUT2D eigenvalue weighted by molar-refractivity contribution is 5.91. The molecule has 2 bridgehead atoms. The topological polar surface area (TPSA) is 66.8 Å². The van der Waals surface area contributed by atoms with Gasteiger partial charge in [0.25, 0.3) is 5.56 Å². The molecule has 1 fully saturated rings. The van der Waals surface area contributed by atoms with Crippen molar-refractivity contribution in [2.24, 2.45) is 5.92 Å². The average Bonchev–Trinajstić information content (AvgIpc) is 2.85. The normalized spacial score (nSPS) is 18.7. The van der Waals surface area contributed by atoms with E-state index in [1.807, 2.05) is 83.1 Å². The number of fused-ring (bicyclic) bond motifs is 4. The quantitative estimate of drug-likeness (QED) is 0.635. The van der Waals surface area contributed by atoms with Gasteiger partial charge in [-0.2, -0.15) is 0 Å². The lowest BCUT2D eigenvalue weighted by atomic mass is 9.83. The zero-order valence-electron chi connectivity index (χ0n) is 19.8. The highest BCUT2D eigenvalue weighted by Gasteiger charge is 2.37. The number of anilines is 2. The van der Waals surface area contributed by atoms with Gasteiger partial charge in [-0.15, -0.1) is 0 Å². The number of likely N-dealkylation sites (tertiary alicyclic amines) is 1. The van der Waals surface area contributed by atoms with Crippen molar-refractivity contribution in [1.82, 2.24) is 9.47 Å². The Morgan fingerprint density at radius 3 is 2.50 bits per heavy atom. The molecule has 0 unspecified atom stereocenters. The maximum Gasteiger partial charge on any atom is 0.321 e. The first-order valence-electron chi connectivity index (χ1n) is 11.6. The number of aromatic nitrogens is 1. The molecule has 0 saturated carbocycles. The number of urea groups is 1. The summed E-state index contributed by atoms with van der Waals surface area (Å²) >= 11 is 0. The molecule has 1 saturated heterocycles. The second-order valence-corrected chi connectivity index (χ2v) is 9.36. The van der Waals surface area contributed by atoms with Gasteiger partial charge >= 0.3 is 6.03 Å². The number of carbonyl (C=O) groups is 1. The van der Waals surface area contributed by atoms with Crippen molar-refractivity contribution in [1.29, 1.82) is 0 Å². The maximum atomic E-state index is 13.4. The summed E-state index contributed by atoms with van der Waals surface area (Å²) in [6.45, 7) is 1.85. The fourth-order valence-corrected chi connectivity index (χ4v) is 5.21. The number of ether oxygens (including phenoxy) is 1. The third-order valence-electron chi connectivity index (χ3n) is 6.93. The summed E-state index contributed by atoms with van der Waals surface area (Å²) < 4.78 is 7.29. The molecule has 0 radical (unpaired) electrons. The molecule has 2 atom stereocenters. The van der Waals surface area contributed by atoms with Crippen LogP contribution in [0.2, 0.25) is 0 Å². The van der Waals surface area contributed by atoms with Gasteiger partial charge in [-0.25, -0.2) is 4.79 Å². The third-order valence-corrected chi connectivity index (χ3v) is 6.93. The van der Waals surface area contributed by atoms with Crippen LogP contribution in [0.4, 0.5) is 16.2 Å². The molecule has 7 nitrogen and oxygen atoms in total. The molecule has 7 heteroatoms. The minimum atomic E-state index is -0.132. The number of para-hydroxylation sites is 2. The summed E-state index contributed by atoms with van der Waals surface area (Å²) in [7, 11) is 5.60. The molecular formula is C27H30N4O3. The number of piperidine rings is 1. The summed E-state index contributed by atoms with van der Waals surface area (Å²) in [6, 6.07) is 19.4. The Balaban J connectivity index is 1.37. The molecule has 3 heterocycles. The van der Waals surface area contributed by atoms with Crippen LogP contribution in [0.25, 0.3) is 11.1 Å². The molecule has 176 valence electrons.